The second-order valence-electron chi connectivity index (χ2n) is 5.57. The first-order valence-corrected chi connectivity index (χ1v) is 7.49. The lowest BCUT2D eigenvalue weighted by Crippen LogP contribution is -2.48. The highest BCUT2D eigenvalue weighted by Crippen LogP contribution is 2.23. The van der Waals surface area contributed by atoms with E-state index in [1.54, 1.807) is 17.0 Å². The molecular weight excluding hydrogens is 295 g/mol. The molecule has 0 aliphatic heterocycles. The van der Waals surface area contributed by atoms with E-state index in [1.807, 2.05) is 33.8 Å². The molecule has 1 aromatic carbocycles. The maximum absolute atomic E-state index is 12.4. The van der Waals surface area contributed by atoms with Crippen molar-refractivity contribution in [2.45, 2.75) is 46.3 Å². The third-order valence-corrected chi connectivity index (χ3v) is 3.85. The van der Waals surface area contributed by atoms with Crippen molar-refractivity contribution in [3.8, 4) is 0 Å². The molecular formula is C15H22Cl2N2O. The maximum Gasteiger partial charge on any atom is 0.240 e. The topological polar surface area (TPSA) is 46.3 Å². The standard InChI is InChI=1S/C15H22Cl2N2O/c1-9(2)14(18)15(20)19(10(3)4)8-11-5-6-12(16)7-13(11)17/h5-7,9-10,14H,8,18H2,1-4H3. The fourth-order valence-corrected chi connectivity index (χ4v) is 2.29. The zero-order valence-electron chi connectivity index (χ0n) is 12.4. The molecule has 0 saturated carbocycles. The number of rotatable bonds is 5. The third kappa shape index (κ3) is 4.37. The van der Waals surface area contributed by atoms with Crippen molar-refractivity contribution >= 4 is 29.1 Å². The van der Waals surface area contributed by atoms with Crippen LogP contribution in [0.5, 0.6) is 0 Å². The number of hydrogen-bond donors (Lipinski definition) is 1. The van der Waals surface area contributed by atoms with E-state index in [0.29, 0.717) is 16.6 Å². The minimum absolute atomic E-state index is 0.0546. The molecule has 1 atom stereocenters. The van der Waals surface area contributed by atoms with Crippen LogP contribution in [0.3, 0.4) is 0 Å². The van der Waals surface area contributed by atoms with Crippen molar-refractivity contribution in [1.82, 2.24) is 4.90 Å². The van der Waals surface area contributed by atoms with Crippen LogP contribution in [0.1, 0.15) is 33.3 Å². The molecule has 1 unspecified atom stereocenters. The Balaban J connectivity index is 2.95. The lowest BCUT2D eigenvalue weighted by Gasteiger charge is -2.31. The second-order valence-corrected chi connectivity index (χ2v) is 6.41. The molecule has 0 saturated heterocycles. The van der Waals surface area contributed by atoms with Gasteiger partial charge in [0.25, 0.3) is 0 Å². The average Bonchev–Trinajstić information content (AvgIpc) is 2.35. The van der Waals surface area contributed by atoms with Crippen molar-refractivity contribution in [3.05, 3.63) is 33.8 Å². The first kappa shape index (κ1) is 17.3. The Morgan fingerprint density at radius 2 is 1.85 bits per heavy atom. The van der Waals surface area contributed by atoms with Gasteiger partial charge in [0.15, 0.2) is 0 Å². The summed E-state index contributed by atoms with van der Waals surface area (Å²) in [5.74, 6) is 0.0467. The number of hydrogen-bond acceptors (Lipinski definition) is 2. The molecule has 20 heavy (non-hydrogen) atoms. The van der Waals surface area contributed by atoms with Gasteiger partial charge < -0.3 is 10.6 Å². The molecule has 0 heterocycles. The predicted octanol–water partition coefficient (Wildman–Crippen LogP) is 3.71. The average molecular weight is 317 g/mol. The van der Waals surface area contributed by atoms with Gasteiger partial charge in [0.2, 0.25) is 5.91 Å². The van der Waals surface area contributed by atoms with Gasteiger partial charge in [0.05, 0.1) is 6.04 Å². The fraction of sp³-hybridized carbons (Fsp3) is 0.533. The van der Waals surface area contributed by atoms with Crippen molar-refractivity contribution in [2.75, 3.05) is 0 Å². The van der Waals surface area contributed by atoms with E-state index in [0.717, 1.165) is 5.56 Å². The zero-order valence-corrected chi connectivity index (χ0v) is 13.9. The predicted molar refractivity (Wildman–Crippen MR) is 85.0 cm³/mol. The van der Waals surface area contributed by atoms with Crippen molar-refractivity contribution in [3.63, 3.8) is 0 Å². The summed E-state index contributed by atoms with van der Waals surface area (Å²) < 4.78 is 0. The first-order chi connectivity index (χ1) is 9.23. The number of benzene rings is 1. The Kier molecular flexibility index (Phi) is 6.31. The minimum Gasteiger partial charge on any atom is -0.335 e. The summed E-state index contributed by atoms with van der Waals surface area (Å²) in [4.78, 5) is 14.2. The number of carbonyl (C=O) groups is 1. The van der Waals surface area contributed by atoms with Gasteiger partial charge in [0.1, 0.15) is 0 Å². The SMILES string of the molecule is CC(C)C(N)C(=O)N(Cc1ccc(Cl)cc1Cl)C(C)C. The lowest BCUT2D eigenvalue weighted by molar-refractivity contribution is -0.136. The zero-order chi connectivity index (χ0) is 15.4. The molecule has 2 N–H and O–H groups in total. The molecule has 0 aliphatic rings. The summed E-state index contributed by atoms with van der Waals surface area (Å²) >= 11 is 12.1. The second kappa shape index (κ2) is 7.30. The molecule has 112 valence electrons. The Bertz CT molecular complexity index is 475. The summed E-state index contributed by atoms with van der Waals surface area (Å²) in [5, 5.41) is 1.15. The molecule has 1 aromatic rings. The highest BCUT2D eigenvalue weighted by atomic mass is 35.5. The summed E-state index contributed by atoms with van der Waals surface area (Å²) in [6, 6.07) is 4.86. The summed E-state index contributed by atoms with van der Waals surface area (Å²) in [7, 11) is 0. The Morgan fingerprint density at radius 3 is 2.30 bits per heavy atom. The monoisotopic (exact) mass is 316 g/mol. The number of nitrogens with zero attached hydrogens (tertiary/aromatic N) is 1. The van der Waals surface area contributed by atoms with Gasteiger partial charge in [-0.25, -0.2) is 0 Å². The maximum atomic E-state index is 12.4. The Labute approximate surface area is 131 Å². The van der Waals surface area contributed by atoms with E-state index in [4.69, 9.17) is 28.9 Å². The molecule has 0 aliphatic carbocycles. The van der Waals surface area contributed by atoms with Crippen LogP contribution in [-0.4, -0.2) is 22.9 Å². The number of nitrogens with two attached hydrogens (primary N) is 1. The molecule has 0 radical (unpaired) electrons. The smallest absolute Gasteiger partial charge is 0.240 e. The molecule has 0 aromatic heterocycles. The van der Waals surface area contributed by atoms with E-state index in [-0.39, 0.29) is 17.9 Å². The third-order valence-electron chi connectivity index (χ3n) is 3.27. The van der Waals surface area contributed by atoms with E-state index < -0.39 is 6.04 Å². The van der Waals surface area contributed by atoms with Crippen LogP contribution in [0.25, 0.3) is 0 Å². The van der Waals surface area contributed by atoms with Crippen molar-refractivity contribution < 1.29 is 4.79 Å². The van der Waals surface area contributed by atoms with Crippen molar-refractivity contribution in [1.29, 1.82) is 0 Å². The largest absolute Gasteiger partial charge is 0.335 e. The van der Waals surface area contributed by atoms with Gasteiger partial charge in [-0.2, -0.15) is 0 Å². The van der Waals surface area contributed by atoms with Crippen molar-refractivity contribution in [2.24, 2.45) is 11.7 Å². The van der Waals surface area contributed by atoms with Gasteiger partial charge in [-0.3, -0.25) is 4.79 Å². The first-order valence-electron chi connectivity index (χ1n) is 6.74. The van der Waals surface area contributed by atoms with Crippen LogP contribution < -0.4 is 5.73 Å². The van der Waals surface area contributed by atoms with Crippen LogP contribution in [-0.2, 0) is 11.3 Å². The van der Waals surface area contributed by atoms with Gasteiger partial charge in [-0.15, -0.1) is 0 Å². The Morgan fingerprint density at radius 1 is 1.25 bits per heavy atom. The Hall–Kier alpha value is -0.770. The van der Waals surface area contributed by atoms with Gasteiger partial charge >= 0.3 is 0 Å². The molecule has 1 amide bonds. The summed E-state index contributed by atoms with van der Waals surface area (Å²) in [6.07, 6.45) is 0. The van der Waals surface area contributed by atoms with Crippen LogP contribution in [0.4, 0.5) is 0 Å². The van der Waals surface area contributed by atoms with E-state index in [2.05, 4.69) is 0 Å². The minimum atomic E-state index is -0.497. The van der Waals surface area contributed by atoms with Crippen LogP contribution in [0, 0.1) is 5.92 Å². The molecule has 1 rings (SSSR count). The number of carbonyl (C=O) groups excluding carboxylic acids is 1. The van der Waals surface area contributed by atoms with E-state index in [1.165, 1.54) is 0 Å². The highest BCUT2D eigenvalue weighted by Gasteiger charge is 2.26. The molecule has 0 bridgehead atoms. The summed E-state index contributed by atoms with van der Waals surface area (Å²) in [5.41, 5.74) is 6.84. The number of halogens is 2. The van der Waals surface area contributed by atoms with Gasteiger partial charge in [-0.05, 0) is 37.5 Å². The van der Waals surface area contributed by atoms with Gasteiger partial charge in [-0.1, -0.05) is 43.1 Å². The molecule has 0 fully saturated rings. The van der Waals surface area contributed by atoms with E-state index >= 15 is 0 Å². The van der Waals surface area contributed by atoms with Crippen LogP contribution in [0.15, 0.2) is 18.2 Å². The van der Waals surface area contributed by atoms with E-state index in [9.17, 15) is 4.79 Å². The molecule has 5 heteroatoms. The summed E-state index contributed by atoms with van der Waals surface area (Å²) in [6.45, 7) is 8.25. The molecule has 0 spiro atoms. The number of amides is 1. The normalized spacial score (nSPS) is 12.8. The quantitative estimate of drug-likeness (QED) is 0.900. The lowest BCUT2D eigenvalue weighted by atomic mass is 10.0. The fourth-order valence-electron chi connectivity index (χ4n) is 1.83. The van der Waals surface area contributed by atoms with Gasteiger partial charge in [0, 0.05) is 22.6 Å². The van der Waals surface area contributed by atoms with Crippen LogP contribution in [0.2, 0.25) is 10.0 Å². The molecule has 3 nitrogen and oxygen atoms in total. The highest BCUT2D eigenvalue weighted by molar-refractivity contribution is 6.35. The van der Waals surface area contributed by atoms with Crippen LogP contribution >= 0.6 is 23.2 Å².